The van der Waals surface area contributed by atoms with E-state index < -0.39 is 64.4 Å². The molecule has 1 fully saturated rings. The molecule has 0 N–H and O–H groups in total. The summed E-state index contributed by atoms with van der Waals surface area (Å²) in [5.74, 6) is -8.24. The molecule has 1 heterocycles. The highest BCUT2D eigenvalue weighted by molar-refractivity contribution is 5.65. The van der Waals surface area contributed by atoms with Crippen LogP contribution in [0.1, 0.15) is 54.2 Å². The van der Waals surface area contributed by atoms with Gasteiger partial charge in [-0.25, -0.2) is 26.3 Å². The molecule has 1 aliphatic heterocycles. The normalized spacial score (nSPS) is 18.7. The molecule has 0 spiro atoms. The van der Waals surface area contributed by atoms with Gasteiger partial charge in [-0.1, -0.05) is 31.2 Å². The van der Waals surface area contributed by atoms with E-state index >= 15 is 0 Å². The summed E-state index contributed by atoms with van der Waals surface area (Å²) in [5, 5.41) is 0. The van der Waals surface area contributed by atoms with E-state index in [-0.39, 0.29) is 41.9 Å². The molecule has 39 heavy (non-hydrogen) atoms. The van der Waals surface area contributed by atoms with E-state index in [1.165, 1.54) is 18.2 Å². The summed E-state index contributed by atoms with van der Waals surface area (Å²) in [4.78, 5) is 0. The first-order chi connectivity index (χ1) is 18.4. The van der Waals surface area contributed by atoms with Gasteiger partial charge in [-0.2, -0.15) is 13.2 Å². The SMILES string of the molecule is CCCC(F)=C(F)c1ccc(C2COC(c3ccc(-c4cc(F)c(C(F)(F)F)c(F)c4)c(F)c3)OC2)c(F)c1. The molecule has 11 heteroatoms. The highest BCUT2D eigenvalue weighted by atomic mass is 19.4. The van der Waals surface area contributed by atoms with Crippen LogP contribution in [-0.4, -0.2) is 13.2 Å². The summed E-state index contributed by atoms with van der Waals surface area (Å²) in [6, 6.07) is 7.59. The Morgan fingerprint density at radius 1 is 0.821 bits per heavy atom. The molecule has 0 aliphatic carbocycles. The zero-order valence-corrected chi connectivity index (χ0v) is 20.3. The largest absolute Gasteiger partial charge is 0.422 e. The average molecular weight is 560 g/mol. The van der Waals surface area contributed by atoms with E-state index in [4.69, 9.17) is 9.47 Å². The molecule has 208 valence electrons. The van der Waals surface area contributed by atoms with Crippen molar-refractivity contribution in [1.29, 1.82) is 0 Å². The van der Waals surface area contributed by atoms with E-state index in [1.54, 1.807) is 6.92 Å². The number of ether oxygens (including phenoxy) is 2. The zero-order chi connectivity index (χ0) is 28.5. The Morgan fingerprint density at radius 2 is 1.46 bits per heavy atom. The van der Waals surface area contributed by atoms with Crippen LogP contribution in [0, 0.1) is 23.3 Å². The second-order valence-corrected chi connectivity index (χ2v) is 8.95. The number of hydrogen-bond acceptors (Lipinski definition) is 2. The molecule has 0 aromatic heterocycles. The maximum Gasteiger partial charge on any atom is 0.422 e. The molecule has 0 unspecified atom stereocenters. The summed E-state index contributed by atoms with van der Waals surface area (Å²) >= 11 is 0. The topological polar surface area (TPSA) is 18.5 Å². The van der Waals surface area contributed by atoms with Gasteiger partial charge in [-0.05, 0) is 41.8 Å². The number of rotatable bonds is 6. The van der Waals surface area contributed by atoms with Crippen molar-refractivity contribution < 1.29 is 49.0 Å². The molecule has 1 saturated heterocycles. The predicted molar refractivity (Wildman–Crippen MR) is 125 cm³/mol. The fraction of sp³-hybridized carbons (Fsp3) is 0.286. The third-order valence-corrected chi connectivity index (χ3v) is 6.20. The number of alkyl halides is 3. The Morgan fingerprint density at radius 3 is 2.00 bits per heavy atom. The molecule has 0 amide bonds. The third-order valence-electron chi connectivity index (χ3n) is 6.20. The number of hydrogen-bond donors (Lipinski definition) is 0. The Kier molecular flexibility index (Phi) is 8.41. The highest BCUT2D eigenvalue weighted by Gasteiger charge is 2.38. The van der Waals surface area contributed by atoms with Crippen LogP contribution in [0.25, 0.3) is 17.0 Å². The van der Waals surface area contributed by atoms with Crippen LogP contribution in [0.2, 0.25) is 0 Å². The van der Waals surface area contributed by atoms with Crippen LogP contribution in [0.3, 0.4) is 0 Å². The van der Waals surface area contributed by atoms with Gasteiger partial charge in [0.25, 0.3) is 0 Å². The van der Waals surface area contributed by atoms with Crippen molar-refractivity contribution in [3.63, 3.8) is 0 Å². The van der Waals surface area contributed by atoms with E-state index in [0.717, 1.165) is 18.2 Å². The molecular formula is C28H21F9O2. The first-order valence-electron chi connectivity index (χ1n) is 11.8. The lowest BCUT2D eigenvalue weighted by Gasteiger charge is -2.30. The van der Waals surface area contributed by atoms with Gasteiger partial charge in [-0.3, -0.25) is 0 Å². The van der Waals surface area contributed by atoms with Gasteiger partial charge in [0.15, 0.2) is 12.1 Å². The fourth-order valence-corrected chi connectivity index (χ4v) is 4.27. The van der Waals surface area contributed by atoms with Gasteiger partial charge in [0.2, 0.25) is 0 Å². The standard InChI is InChI=1S/C28H21F9O2/c1-2-3-20(29)26(34)14-4-6-19(21(30)8-14)17-12-38-27(39-13-17)15-5-7-18(22(31)9-15)16-10-23(32)25(24(33)11-16)28(35,36)37/h4-11,17,27H,2-3,12-13H2,1H3. The molecule has 0 saturated carbocycles. The van der Waals surface area contributed by atoms with E-state index in [9.17, 15) is 39.5 Å². The van der Waals surface area contributed by atoms with Crippen molar-refractivity contribution in [2.45, 2.75) is 38.1 Å². The highest BCUT2D eigenvalue weighted by Crippen LogP contribution is 2.38. The minimum atomic E-state index is -5.26. The summed E-state index contributed by atoms with van der Waals surface area (Å²) in [6.07, 6.45) is -6.07. The van der Waals surface area contributed by atoms with Crippen molar-refractivity contribution >= 4 is 5.83 Å². The van der Waals surface area contributed by atoms with Crippen LogP contribution in [0.5, 0.6) is 0 Å². The average Bonchev–Trinajstić information content (AvgIpc) is 2.87. The molecular weight excluding hydrogens is 539 g/mol. The summed E-state index contributed by atoms with van der Waals surface area (Å²) in [5.41, 5.74) is -2.78. The molecule has 1 aliphatic rings. The molecule has 0 radical (unpaired) electrons. The molecule has 3 aromatic rings. The molecule has 2 nitrogen and oxygen atoms in total. The van der Waals surface area contributed by atoms with Gasteiger partial charge in [0.1, 0.15) is 34.7 Å². The maximum atomic E-state index is 14.8. The minimum absolute atomic E-state index is 0.0673. The van der Waals surface area contributed by atoms with Crippen LogP contribution < -0.4 is 0 Å². The lowest BCUT2D eigenvalue weighted by Crippen LogP contribution is -2.26. The van der Waals surface area contributed by atoms with Crippen molar-refractivity contribution in [2.75, 3.05) is 13.2 Å². The monoisotopic (exact) mass is 560 g/mol. The number of allylic oxidation sites excluding steroid dienone is 1. The van der Waals surface area contributed by atoms with Gasteiger partial charge in [0, 0.05) is 29.0 Å². The summed E-state index contributed by atoms with van der Waals surface area (Å²) < 4.78 is 135. The second kappa shape index (κ2) is 11.4. The Balaban J connectivity index is 1.47. The summed E-state index contributed by atoms with van der Waals surface area (Å²) in [7, 11) is 0. The molecule has 3 aromatic carbocycles. The van der Waals surface area contributed by atoms with Crippen LogP contribution in [0.4, 0.5) is 39.5 Å². The minimum Gasteiger partial charge on any atom is -0.348 e. The van der Waals surface area contributed by atoms with Crippen LogP contribution >= 0.6 is 0 Å². The van der Waals surface area contributed by atoms with Gasteiger partial charge >= 0.3 is 6.18 Å². The Bertz CT molecular complexity index is 1370. The molecule has 4 rings (SSSR count). The number of halogens is 9. The smallest absolute Gasteiger partial charge is 0.348 e. The van der Waals surface area contributed by atoms with Crippen LogP contribution in [-0.2, 0) is 15.7 Å². The van der Waals surface area contributed by atoms with Crippen molar-refractivity contribution in [3.8, 4) is 11.1 Å². The summed E-state index contributed by atoms with van der Waals surface area (Å²) in [6.45, 7) is 1.54. The van der Waals surface area contributed by atoms with Crippen molar-refractivity contribution in [1.82, 2.24) is 0 Å². The first-order valence-corrected chi connectivity index (χ1v) is 11.8. The Labute approximate surface area is 217 Å². The molecule has 0 atom stereocenters. The predicted octanol–water partition coefficient (Wildman–Crippen LogP) is 9.17. The fourth-order valence-electron chi connectivity index (χ4n) is 4.27. The zero-order valence-electron chi connectivity index (χ0n) is 20.3. The van der Waals surface area contributed by atoms with Crippen molar-refractivity contribution in [3.05, 3.63) is 99.9 Å². The third kappa shape index (κ3) is 6.14. The van der Waals surface area contributed by atoms with E-state index in [2.05, 4.69) is 0 Å². The van der Waals surface area contributed by atoms with Gasteiger partial charge in [0.05, 0.1) is 13.2 Å². The van der Waals surface area contributed by atoms with E-state index in [1.807, 2.05) is 0 Å². The first kappa shape index (κ1) is 28.7. The van der Waals surface area contributed by atoms with Crippen LogP contribution in [0.15, 0.2) is 54.4 Å². The second-order valence-electron chi connectivity index (χ2n) is 8.95. The lowest BCUT2D eigenvalue weighted by atomic mass is 9.97. The van der Waals surface area contributed by atoms with Gasteiger partial charge < -0.3 is 9.47 Å². The number of benzene rings is 3. The van der Waals surface area contributed by atoms with E-state index in [0.29, 0.717) is 18.6 Å². The lowest BCUT2D eigenvalue weighted by molar-refractivity contribution is -0.192. The van der Waals surface area contributed by atoms with Gasteiger partial charge in [-0.15, -0.1) is 0 Å². The Hall–Kier alpha value is -3.31. The maximum absolute atomic E-state index is 14.8. The molecule has 0 bridgehead atoms. The quantitative estimate of drug-likeness (QED) is 0.280. The van der Waals surface area contributed by atoms with Crippen molar-refractivity contribution in [2.24, 2.45) is 0 Å².